The molecule has 0 aliphatic carbocycles. The first-order chi connectivity index (χ1) is 33.2. The van der Waals surface area contributed by atoms with E-state index >= 15 is 0 Å². The third kappa shape index (κ3) is 5.97. The normalized spacial score (nSPS) is 11.9. The second-order valence-corrected chi connectivity index (χ2v) is 18.3. The number of rotatable bonds is 6. The van der Waals surface area contributed by atoms with E-state index in [4.69, 9.17) is 15.0 Å². The first-order valence-corrected chi connectivity index (χ1v) is 23.4. The molecule has 5 nitrogen and oxygen atoms in total. The van der Waals surface area contributed by atoms with Crippen molar-refractivity contribution in [2.75, 3.05) is 0 Å². The number of thiophene rings is 1. The fourth-order valence-corrected chi connectivity index (χ4v) is 11.5. The van der Waals surface area contributed by atoms with Crippen molar-refractivity contribution >= 4 is 85.9 Å². The van der Waals surface area contributed by atoms with Gasteiger partial charge in [-0.15, -0.1) is 11.3 Å². The van der Waals surface area contributed by atoms with Crippen LogP contribution in [0, 0.1) is 0 Å². The van der Waals surface area contributed by atoms with E-state index in [1.165, 1.54) is 52.5 Å². The van der Waals surface area contributed by atoms with Crippen molar-refractivity contribution in [1.29, 1.82) is 0 Å². The van der Waals surface area contributed by atoms with Crippen LogP contribution in [-0.2, 0) is 0 Å². The molecule has 4 aromatic heterocycles. The largest absolute Gasteiger partial charge is 0.309 e. The summed E-state index contributed by atoms with van der Waals surface area (Å²) in [5, 5.41) is 9.72. The molecule has 0 spiro atoms. The third-order valence-electron chi connectivity index (χ3n) is 13.3. The fraction of sp³-hybridized carbons (Fsp3) is 0. The molecule has 0 bridgehead atoms. The first-order valence-electron chi connectivity index (χ1n) is 22.6. The van der Waals surface area contributed by atoms with Crippen molar-refractivity contribution in [3.63, 3.8) is 0 Å². The lowest BCUT2D eigenvalue weighted by atomic mass is 9.94. The second-order valence-electron chi connectivity index (χ2n) is 17.2. The molecule has 312 valence electrons. The zero-order valence-electron chi connectivity index (χ0n) is 36.0. The van der Waals surface area contributed by atoms with Crippen LogP contribution in [0.15, 0.2) is 224 Å². The summed E-state index contributed by atoms with van der Waals surface area (Å²) >= 11 is 1.83. The summed E-state index contributed by atoms with van der Waals surface area (Å²) in [5.74, 6) is 1.84. The molecule has 14 aromatic rings. The Labute approximate surface area is 389 Å². The maximum Gasteiger partial charge on any atom is 0.164 e. The monoisotopic (exact) mass is 871 g/mol. The van der Waals surface area contributed by atoms with Crippen molar-refractivity contribution in [3.8, 4) is 56.7 Å². The molecule has 0 aliphatic heterocycles. The Morgan fingerprint density at radius 1 is 0.299 bits per heavy atom. The van der Waals surface area contributed by atoms with Crippen LogP contribution in [0.5, 0.6) is 0 Å². The molecule has 6 heteroatoms. The number of para-hydroxylation sites is 3. The predicted octanol–water partition coefficient (Wildman–Crippen LogP) is 16.3. The SMILES string of the molecule is c1ccc(-c2nc(-c3ccc4c5ccccc5n(-c5ccccc5)c4c3)nc(-c3ccc(-n4c5ccccc5c5cc6ccccc6cc54)cc3-c3cccc4sc5ccccc5c34)n2)cc1. The molecule has 0 saturated heterocycles. The predicted molar refractivity (Wildman–Crippen MR) is 281 cm³/mol. The Morgan fingerprint density at radius 3 is 1.67 bits per heavy atom. The molecule has 0 amide bonds. The van der Waals surface area contributed by atoms with Crippen LogP contribution in [0.3, 0.4) is 0 Å². The summed E-state index contributed by atoms with van der Waals surface area (Å²) in [5.41, 5.74) is 11.7. The Kier molecular flexibility index (Phi) is 8.38. The van der Waals surface area contributed by atoms with E-state index in [0.717, 1.165) is 61.3 Å². The van der Waals surface area contributed by atoms with Gasteiger partial charge in [-0.1, -0.05) is 152 Å². The van der Waals surface area contributed by atoms with E-state index in [2.05, 4.69) is 215 Å². The van der Waals surface area contributed by atoms with Crippen molar-refractivity contribution in [2.45, 2.75) is 0 Å². The van der Waals surface area contributed by atoms with E-state index < -0.39 is 0 Å². The minimum Gasteiger partial charge on any atom is -0.309 e. The average Bonchev–Trinajstić information content (AvgIpc) is 4.05. The standard InChI is InChI=1S/C61H37N5S/c1-3-16-38(17-4-1)59-62-60(41-30-32-46-44-22-9-12-26-52(44)65(54(46)36-41)42-20-5-2-6-21-42)64-61(63-59)48-33-31-43(37-50(48)47-25-15-29-57-58(47)49-24-11-14-28-56(49)67-57)66-53-27-13-10-23-45(53)51-34-39-18-7-8-19-40(39)35-55(51)66/h1-37H. The number of benzene rings is 10. The number of aromatic nitrogens is 5. The van der Waals surface area contributed by atoms with Gasteiger partial charge in [0.15, 0.2) is 17.5 Å². The van der Waals surface area contributed by atoms with Gasteiger partial charge in [0.25, 0.3) is 0 Å². The van der Waals surface area contributed by atoms with Gasteiger partial charge in [0.05, 0.1) is 22.1 Å². The Morgan fingerprint density at radius 2 is 0.881 bits per heavy atom. The maximum atomic E-state index is 5.47. The third-order valence-corrected chi connectivity index (χ3v) is 14.5. The van der Waals surface area contributed by atoms with Gasteiger partial charge in [0.1, 0.15) is 0 Å². The van der Waals surface area contributed by atoms with Crippen LogP contribution in [-0.4, -0.2) is 24.1 Å². The highest BCUT2D eigenvalue weighted by Gasteiger charge is 2.22. The van der Waals surface area contributed by atoms with E-state index in [9.17, 15) is 0 Å². The van der Waals surface area contributed by atoms with E-state index in [-0.39, 0.29) is 0 Å². The summed E-state index contributed by atoms with van der Waals surface area (Å²) in [6, 6.07) is 80.4. The highest BCUT2D eigenvalue weighted by atomic mass is 32.1. The highest BCUT2D eigenvalue weighted by molar-refractivity contribution is 7.25. The summed E-state index contributed by atoms with van der Waals surface area (Å²) in [6.07, 6.45) is 0. The summed E-state index contributed by atoms with van der Waals surface area (Å²) in [6.45, 7) is 0. The van der Waals surface area contributed by atoms with Gasteiger partial charge in [-0.05, 0) is 94.7 Å². The zero-order valence-corrected chi connectivity index (χ0v) is 36.8. The smallest absolute Gasteiger partial charge is 0.164 e. The molecule has 10 aromatic carbocycles. The molecule has 0 aliphatic rings. The van der Waals surface area contributed by atoms with Crippen molar-refractivity contribution in [3.05, 3.63) is 224 Å². The molecule has 0 N–H and O–H groups in total. The molecule has 0 atom stereocenters. The van der Waals surface area contributed by atoms with Crippen LogP contribution in [0.25, 0.3) is 131 Å². The van der Waals surface area contributed by atoms with Crippen LogP contribution < -0.4 is 0 Å². The lowest BCUT2D eigenvalue weighted by Crippen LogP contribution is -2.02. The molecule has 0 radical (unpaired) electrons. The van der Waals surface area contributed by atoms with E-state index in [1.54, 1.807) is 0 Å². The average molecular weight is 872 g/mol. The maximum absolute atomic E-state index is 5.47. The molecular weight excluding hydrogens is 835 g/mol. The molecule has 0 saturated carbocycles. The van der Waals surface area contributed by atoms with Gasteiger partial charge in [-0.25, -0.2) is 15.0 Å². The Hall–Kier alpha value is -8.71. The second kappa shape index (κ2) is 14.9. The molecule has 14 rings (SSSR count). The number of hydrogen-bond donors (Lipinski definition) is 0. The quantitative estimate of drug-likeness (QED) is 0.167. The number of fused-ring (bicyclic) bond motifs is 10. The van der Waals surface area contributed by atoms with E-state index in [1.807, 2.05) is 29.5 Å². The first kappa shape index (κ1) is 37.6. The number of hydrogen-bond acceptors (Lipinski definition) is 4. The van der Waals surface area contributed by atoms with Crippen molar-refractivity contribution in [1.82, 2.24) is 24.1 Å². The summed E-state index contributed by atoms with van der Waals surface area (Å²) in [7, 11) is 0. The summed E-state index contributed by atoms with van der Waals surface area (Å²) in [4.78, 5) is 16.1. The minimum absolute atomic E-state index is 0.610. The lowest BCUT2D eigenvalue weighted by Gasteiger charge is -2.16. The van der Waals surface area contributed by atoms with Gasteiger partial charge < -0.3 is 9.13 Å². The van der Waals surface area contributed by atoms with Gasteiger partial charge in [0, 0.05) is 69.8 Å². The Balaban J connectivity index is 1.05. The minimum atomic E-state index is 0.610. The van der Waals surface area contributed by atoms with Crippen LogP contribution in [0.2, 0.25) is 0 Å². The highest BCUT2D eigenvalue weighted by Crippen LogP contribution is 2.45. The van der Waals surface area contributed by atoms with Gasteiger partial charge in [0.2, 0.25) is 0 Å². The zero-order chi connectivity index (χ0) is 44.0. The molecule has 0 unspecified atom stereocenters. The van der Waals surface area contributed by atoms with E-state index in [0.29, 0.717) is 17.5 Å². The van der Waals surface area contributed by atoms with Gasteiger partial charge >= 0.3 is 0 Å². The van der Waals surface area contributed by atoms with Gasteiger partial charge in [-0.2, -0.15) is 0 Å². The fourth-order valence-electron chi connectivity index (χ4n) is 10.3. The topological polar surface area (TPSA) is 48.5 Å². The molecular formula is C61H37N5S. The summed E-state index contributed by atoms with van der Waals surface area (Å²) < 4.78 is 7.26. The number of nitrogens with zero attached hydrogens (tertiary/aromatic N) is 5. The lowest BCUT2D eigenvalue weighted by molar-refractivity contribution is 1.07. The van der Waals surface area contributed by atoms with Crippen molar-refractivity contribution < 1.29 is 0 Å². The van der Waals surface area contributed by atoms with Crippen LogP contribution in [0.1, 0.15) is 0 Å². The van der Waals surface area contributed by atoms with Crippen LogP contribution in [0.4, 0.5) is 0 Å². The van der Waals surface area contributed by atoms with Gasteiger partial charge in [-0.3, -0.25) is 0 Å². The van der Waals surface area contributed by atoms with Crippen molar-refractivity contribution in [2.24, 2.45) is 0 Å². The Bertz CT molecular complexity index is 4280. The molecule has 4 heterocycles. The molecule has 0 fully saturated rings. The van der Waals surface area contributed by atoms with Crippen LogP contribution >= 0.6 is 11.3 Å². The molecule has 67 heavy (non-hydrogen) atoms.